The number of carboxylic acids is 1. The zero-order valence-corrected chi connectivity index (χ0v) is 10.6. The molecular formula is C12H16N2O5. The molecule has 1 saturated heterocycles. The Hall–Kier alpha value is -1.89. The van der Waals surface area contributed by atoms with Gasteiger partial charge in [-0.15, -0.1) is 0 Å². The Morgan fingerprint density at radius 3 is 2.89 bits per heavy atom. The number of aliphatic carboxylic acids is 1. The van der Waals surface area contributed by atoms with Crippen LogP contribution in [0.5, 0.6) is 0 Å². The molecule has 0 radical (unpaired) electrons. The number of amides is 1. The number of nitrogens with zero attached hydrogens (tertiary/aromatic N) is 1. The monoisotopic (exact) mass is 268 g/mol. The molecule has 0 saturated carbocycles. The van der Waals surface area contributed by atoms with E-state index in [2.05, 4.69) is 10.5 Å². The highest BCUT2D eigenvalue weighted by atomic mass is 16.5. The third-order valence-corrected chi connectivity index (χ3v) is 3.07. The van der Waals surface area contributed by atoms with Crippen molar-refractivity contribution in [2.24, 2.45) is 5.92 Å². The summed E-state index contributed by atoms with van der Waals surface area (Å²) in [7, 11) is 0. The predicted molar refractivity (Wildman–Crippen MR) is 63.7 cm³/mol. The van der Waals surface area contributed by atoms with E-state index in [9.17, 15) is 14.7 Å². The number of nitrogens with one attached hydrogen (secondary N) is 1. The van der Waals surface area contributed by atoms with Gasteiger partial charge in [0.2, 0.25) is 5.76 Å². The van der Waals surface area contributed by atoms with Crippen LogP contribution in [0.3, 0.4) is 0 Å². The van der Waals surface area contributed by atoms with Crippen LogP contribution in [0.1, 0.15) is 29.1 Å². The minimum absolute atomic E-state index is 0.0143. The van der Waals surface area contributed by atoms with Crippen molar-refractivity contribution in [3.05, 3.63) is 17.5 Å². The number of carbonyl (C=O) groups is 2. The van der Waals surface area contributed by atoms with Gasteiger partial charge in [-0.1, -0.05) is 5.16 Å². The summed E-state index contributed by atoms with van der Waals surface area (Å²) in [6.45, 7) is 2.66. The maximum atomic E-state index is 11.9. The normalized spacial score (nSPS) is 20.8. The summed E-state index contributed by atoms with van der Waals surface area (Å²) < 4.78 is 10.1. The highest BCUT2D eigenvalue weighted by molar-refractivity contribution is 5.94. The second-order valence-corrected chi connectivity index (χ2v) is 4.60. The van der Waals surface area contributed by atoms with Gasteiger partial charge in [0.1, 0.15) is 6.04 Å². The third-order valence-electron chi connectivity index (χ3n) is 3.07. The molecule has 1 aliphatic rings. The van der Waals surface area contributed by atoms with Crippen LogP contribution in [0.2, 0.25) is 0 Å². The van der Waals surface area contributed by atoms with Gasteiger partial charge >= 0.3 is 5.97 Å². The Balaban J connectivity index is 2.04. The van der Waals surface area contributed by atoms with Crippen LogP contribution in [-0.4, -0.2) is 41.4 Å². The maximum absolute atomic E-state index is 11.9. The lowest BCUT2D eigenvalue weighted by molar-refractivity contribution is -0.142. The van der Waals surface area contributed by atoms with Gasteiger partial charge in [-0.2, -0.15) is 0 Å². The van der Waals surface area contributed by atoms with E-state index >= 15 is 0 Å². The van der Waals surface area contributed by atoms with Crippen molar-refractivity contribution in [1.29, 1.82) is 0 Å². The quantitative estimate of drug-likeness (QED) is 0.828. The van der Waals surface area contributed by atoms with Gasteiger partial charge in [-0.25, -0.2) is 4.79 Å². The molecule has 0 spiro atoms. The number of aromatic nitrogens is 1. The summed E-state index contributed by atoms with van der Waals surface area (Å²) in [5.74, 6) is -1.85. The van der Waals surface area contributed by atoms with Crippen LogP contribution in [0.4, 0.5) is 0 Å². The first kappa shape index (κ1) is 13.5. The molecule has 2 rings (SSSR count). The molecule has 1 fully saturated rings. The average Bonchev–Trinajstić information content (AvgIpc) is 2.83. The van der Waals surface area contributed by atoms with Gasteiger partial charge in [0.05, 0.1) is 12.3 Å². The lowest BCUT2D eigenvalue weighted by Crippen LogP contribution is -2.48. The lowest BCUT2D eigenvalue weighted by Gasteiger charge is -2.27. The largest absolute Gasteiger partial charge is 0.480 e. The first-order chi connectivity index (χ1) is 9.08. The molecule has 104 valence electrons. The molecule has 2 unspecified atom stereocenters. The zero-order valence-electron chi connectivity index (χ0n) is 10.6. The second-order valence-electron chi connectivity index (χ2n) is 4.60. The number of aryl methyl sites for hydroxylation is 1. The number of hydrogen-bond donors (Lipinski definition) is 2. The molecule has 1 aromatic heterocycles. The molecule has 0 aliphatic carbocycles. The molecule has 0 aromatic carbocycles. The van der Waals surface area contributed by atoms with Gasteiger partial charge in [0.15, 0.2) is 0 Å². The second kappa shape index (κ2) is 5.83. The number of hydrogen-bond acceptors (Lipinski definition) is 5. The van der Waals surface area contributed by atoms with E-state index in [1.165, 1.54) is 6.07 Å². The number of ether oxygens (including phenoxy) is 1. The first-order valence-corrected chi connectivity index (χ1v) is 6.12. The molecule has 1 amide bonds. The molecule has 1 aromatic rings. The summed E-state index contributed by atoms with van der Waals surface area (Å²) >= 11 is 0. The van der Waals surface area contributed by atoms with Crippen LogP contribution >= 0.6 is 0 Å². The summed E-state index contributed by atoms with van der Waals surface area (Å²) in [5, 5.41) is 15.3. The Morgan fingerprint density at radius 2 is 2.37 bits per heavy atom. The highest BCUT2D eigenvalue weighted by Crippen LogP contribution is 2.18. The molecule has 1 aliphatic heterocycles. The summed E-state index contributed by atoms with van der Waals surface area (Å²) in [5.41, 5.74) is 0.568. The predicted octanol–water partition coefficient (Wildman–Crippen LogP) is 0.593. The van der Waals surface area contributed by atoms with Crippen LogP contribution in [0.25, 0.3) is 0 Å². The van der Waals surface area contributed by atoms with Gasteiger partial charge in [0.25, 0.3) is 5.91 Å². The minimum Gasteiger partial charge on any atom is -0.480 e. The standard InChI is InChI=1S/C12H16N2O5/c1-7-5-9(19-14-7)11(15)13-10(12(16)17)8-3-2-4-18-6-8/h5,8,10H,2-4,6H2,1H3,(H,13,15)(H,16,17). The topological polar surface area (TPSA) is 102 Å². The van der Waals surface area contributed by atoms with Crippen molar-refractivity contribution in [3.63, 3.8) is 0 Å². The van der Waals surface area contributed by atoms with Gasteiger partial charge in [-0.3, -0.25) is 4.79 Å². The summed E-state index contributed by atoms with van der Waals surface area (Å²) in [4.78, 5) is 23.1. The van der Waals surface area contributed by atoms with E-state index in [4.69, 9.17) is 9.26 Å². The molecule has 7 nitrogen and oxygen atoms in total. The van der Waals surface area contributed by atoms with Crippen molar-refractivity contribution in [1.82, 2.24) is 10.5 Å². The fourth-order valence-electron chi connectivity index (χ4n) is 2.09. The molecule has 7 heteroatoms. The van der Waals surface area contributed by atoms with Crippen LogP contribution in [0, 0.1) is 12.8 Å². The van der Waals surface area contributed by atoms with Gasteiger partial charge in [0, 0.05) is 18.6 Å². The molecular weight excluding hydrogens is 252 g/mol. The van der Waals surface area contributed by atoms with E-state index < -0.39 is 17.9 Å². The number of carboxylic acid groups (broad SMARTS) is 1. The third kappa shape index (κ3) is 3.31. The summed E-state index contributed by atoms with van der Waals surface area (Å²) in [6.07, 6.45) is 1.51. The fraction of sp³-hybridized carbons (Fsp3) is 0.583. The lowest BCUT2D eigenvalue weighted by atomic mass is 9.93. The Kier molecular flexibility index (Phi) is 4.16. The summed E-state index contributed by atoms with van der Waals surface area (Å²) in [6, 6.07) is 0.490. The molecule has 2 heterocycles. The van der Waals surface area contributed by atoms with Crippen molar-refractivity contribution in [2.45, 2.75) is 25.8 Å². The molecule has 19 heavy (non-hydrogen) atoms. The zero-order chi connectivity index (χ0) is 13.8. The Labute approximate surface area is 109 Å². The first-order valence-electron chi connectivity index (χ1n) is 6.12. The van der Waals surface area contributed by atoms with Gasteiger partial charge in [-0.05, 0) is 19.8 Å². The Bertz CT molecular complexity index is 464. The van der Waals surface area contributed by atoms with E-state index in [0.29, 0.717) is 25.3 Å². The number of carbonyl (C=O) groups excluding carboxylic acids is 1. The van der Waals surface area contributed by atoms with Gasteiger partial charge < -0.3 is 19.7 Å². The van der Waals surface area contributed by atoms with E-state index in [1.807, 2.05) is 0 Å². The molecule has 2 N–H and O–H groups in total. The molecule has 2 atom stereocenters. The van der Waals surface area contributed by atoms with E-state index in [0.717, 1.165) is 6.42 Å². The van der Waals surface area contributed by atoms with Crippen molar-refractivity contribution >= 4 is 11.9 Å². The average molecular weight is 268 g/mol. The van der Waals surface area contributed by atoms with Crippen LogP contribution < -0.4 is 5.32 Å². The SMILES string of the molecule is Cc1cc(C(=O)NC(C(=O)O)C2CCCOC2)on1. The van der Waals surface area contributed by atoms with Crippen molar-refractivity contribution < 1.29 is 24.0 Å². The maximum Gasteiger partial charge on any atom is 0.326 e. The Morgan fingerprint density at radius 1 is 1.58 bits per heavy atom. The van der Waals surface area contributed by atoms with E-state index in [-0.39, 0.29) is 11.7 Å². The van der Waals surface area contributed by atoms with Crippen LogP contribution in [-0.2, 0) is 9.53 Å². The number of rotatable bonds is 4. The van der Waals surface area contributed by atoms with E-state index in [1.54, 1.807) is 6.92 Å². The smallest absolute Gasteiger partial charge is 0.326 e. The van der Waals surface area contributed by atoms with Crippen molar-refractivity contribution in [3.8, 4) is 0 Å². The minimum atomic E-state index is -1.07. The molecule has 0 bridgehead atoms. The van der Waals surface area contributed by atoms with Crippen LogP contribution in [0.15, 0.2) is 10.6 Å². The van der Waals surface area contributed by atoms with Crippen molar-refractivity contribution in [2.75, 3.05) is 13.2 Å². The fourth-order valence-corrected chi connectivity index (χ4v) is 2.09. The highest BCUT2D eigenvalue weighted by Gasteiger charge is 2.32.